The van der Waals surface area contributed by atoms with Crippen LogP contribution >= 0.6 is 0 Å². The van der Waals surface area contributed by atoms with Crippen molar-refractivity contribution in [2.45, 2.75) is 50.7 Å². The molecule has 0 spiro atoms. The van der Waals surface area contributed by atoms with E-state index in [0.29, 0.717) is 5.96 Å². The van der Waals surface area contributed by atoms with Gasteiger partial charge in [-0.3, -0.25) is 0 Å². The van der Waals surface area contributed by atoms with Crippen LogP contribution in [0.4, 0.5) is 8.78 Å². The van der Waals surface area contributed by atoms with Crippen LogP contribution in [0.1, 0.15) is 44.1 Å². The first-order valence-corrected chi connectivity index (χ1v) is 10.0. The first kappa shape index (κ1) is 17.3. The van der Waals surface area contributed by atoms with E-state index in [4.69, 9.17) is 10.7 Å². The van der Waals surface area contributed by atoms with Crippen LogP contribution in [-0.2, 0) is 5.54 Å². The SMILES string of the molecule is CN1C[C@@](c2ccc(OC(F)F)cc2)(C23CC4CC(CC(C4)C2)C3)N=C1N. The van der Waals surface area contributed by atoms with Gasteiger partial charge >= 0.3 is 6.61 Å². The highest BCUT2D eigenvalue weighted by atomic mass is 19.3. The average Bonchev–Trinajstić information content (AvgIpc) is 2.90. The minimum absolute atomic E-state index is 0.127. The predicted octanol–water partition coefficient (Wildman–Crippen LogP) is 3.96. The normalized spacial score (nSPS) is 39.9. The maximum atomic E-state index is 12.5. The van der Waals surface area contributed by atoms with E-state index >= 15 is 0 Å². The average molecular weight is 375 g/mol. The Hall–Kier alpha value is -1.85. The van der Waals surface area contributed by atoms with Gasteiger partial charge in [-0.15, -0.1) is 0 Å². The van der Waals surface area contributed by atoms with E-state index in [1.165, 1.54) is 38.5 Å². The zero-order valence-electron chi connectivity index (χ0n) is 15.7. The Balaban J connectivity index is 1.58. The number of guanidine groups is 1. The summed E-state index contributed by atoms with van der Waals surface area (Å²) >= 11 is 0. The monoisotopic (exact) mass is 375 g/mol. The van der Waals surface area contributed by atoms with E-state index in [2.05, 4.69) is 4.74 Å². The molecule has 0 radical (unpaired) electrons. The molecule has 4 bridgehead atoms. The van der Waals surface area contributed by atoms with Crippen molar-refractivity contribution >= 4 is 5.96 Å². The Kier molecular flexibility index (Phi) is 3.72. The standard InChI is InChI=1S/C21H27F2N3O/c1-26-12-21(25-19(26)24,16-2-4-17(5-3-16)27-18(22)23)20-9-13-6-14(10-20)8-15(7-13)11-20/h2-5,13-15,18H,6-12H2,1H3,(H2,24,25)/t13?,14?,15?,20?,21-/m1/s1. The van der Waals surface area contributed by atoms with Crippen molar-refractivity contribution in [3.8, 4) is 5.75 Å². The molecule has 146 valence electrons. The van der Waals surface area contributed by atoms with Crippen LogP contribution in [0.5, 0.6) is 5.75 Å². The number of nitrogens with two attached hydrogens (primary N) is 1. The van der Waals surface area contributed by atoms with Crippen LogP contribution in [0, 0.1) is 23.2 Å². The third-order valence-electron chi connectivity index (χ3n) is 7.64. The topological polar surface area (TPSA) is 50.8 Å². The number of aliphatic imine (C=N–C) groups is 1. The summed E-state index contributed by atoms with van der Waals surface area (Å²) < 4.78 is 29.6. The van der Waals surface area contributed by atoms with Gasteiger partial charge in [0.05, 0.1) is 6.54 Å². The van der Waals surface area contributed by atoms with Crippen molar-refractivity contribution in [3.05, 3.63) is 29.8 Å². The molecule has 0 aromatic heterocycles. The van der Waals surface area contributed by atoms with Crippen molar-refractivity contribution in [3.63, 3.8) is 0 Å². The maximum absolute atomic E-state index is 12.5. The lowest BCUT2D eigenvalue weighted by Crippen LogP contribution is -2.57. The number of benzene rings is 1. The molecule has 4 nitrogen and oxygen atoms in total. The van der Waals surface area contributed by atoms with Crippen molar-refractivity contribution in [1.29, 1.82) is 0 Å². The lowest BCUT2D eigenvalue weighted by atomic mass is 9.44. The molecule has 6 rings (SSSR count). The van der Waals surface area contributed by atoms with Gasteiger partial charge in [0.25, 0.3) is 0 Å². The molecule has 2 N–H and O–H groups in total. The van der Waals surface area contributed by atoms with Gasteiger partial charge in [0.2, 0.25) is 0 Å². The third kappa shape index (κ3) is 2.55. The molecular formula is C21H27F2N3O. The summed E-state index contributed by atoms with van der Waals surface area (Å²) in [4.78, 5) is 7.13. The molecule has 4 aliphatic carbocycles. The molecule has 4 fully saturated rings. The molecule has 1 aliphatic heterocycles. The van der Waals surface area contributed by atoms with Crippen LogP contribution in [0.3, 0.4) is 0 Å². The highest BCUT2D eigenvalue weighted by Crippen LogP contribution is 2.67. The van der Waals surface area contributed by atoms with E-state index in [-0.39, 0.29) is 16.7 Å². The van der Waals surface area contributed by atoms with Crippen molar-refractivity contribution in [2.24, 2.45) is 33.9 Å². The molecule has 5 aliphatic rings. The number of ether oxygens (including phenoxy) is 1. The second-order valence-electron chi connectivity index (χ2n) is 9.29. The molecule has 1 aromatic rings. The van der Waals surface area contributed by atoms with E-state index in [1.54, 1.807) is 12.1 Å². The summed E-state index contributed by atoms with van der Waals surface area (Å²) in [6, 6.07) is 7.14. The Morgan fingerprint density at radius 1 is 1.07 bits per heavy atom. The molecule has 0 saturated heterocycles. The molecular weight excluding hydrogens is 348 g/mol. The highest BCUT2D eigenvalue weighted by molar-refractivity contribution is 5.81. The molecule has 1 heterocycles. The van der Waals surface area contributed by atoms with E-state index < -0.39 is 6.61 Å². The molecule has 27 heavy (non-hydrogen) atoms. The van der Waals surface area contributed by atoms with E-state index in [9.17, 15) is 8.78 Å². The first-order valence-electron chi connectivity index (χ1n) is 10.0. The number of likely N-dealkylation sites (N-methyl/N-ethyl adjacent to an activating group) is 1. The van der Waals surface area contributed by atoms with Crippen LogP contribution in [0.25, 0.3) is 0 Å². The highest BCUT2D eigenvalue weighted by Gasteiger charge is 2.63. The number of hydrogen-bond acceptors (Lipinski definition) is 4. The molecule has 1 aromatic carbocycles. The van der Waals surface area contributed by atoms with Crippen molar-refractivity contribution in [1.82, 2.24) is 4.90 Å². The second-order valence-corrected chi connectivity index (χ2v) is 9.29. The molecule has 4 saturated carbocycles. The number of rotatable bonds is 4. The Labute approximate surface area is 158 Å². The minimum atomic E-state index is -2.81. The molecule has 6 heteroatoms. The summed E-state index contributed by atoms with van der Waals surface area (Å²) in [5, 5.41) is 0. The first-order chi connectivity index (χ1) is 12.9. The second kappa shape index (κ2) is 5.82. The summed E-state index contributed by atoms with van der Waals surface area (Å²) in [5.74, 6) is 3.18. The molecule has 0 unspecified atom stereocenters. The van der Waals surface area contributed by atoms with Gasteiger partial charge in [-0.25, -0.2) is 4.99 Å². The maximum Gasteiger partial charge on any atom is 0.387 e. The Morgan fingerprint density at radius 2 is 1.63 bits per heavy atom. The van der Waals surface area contributed by atoms with Gasteiger partial charge in [0, 0.05) is 12.5 Å². The number of nitrogens with zero attached hydrogens (tertiary/aromatic N) is 2. The van der Waals surface area contributed by atoms with Crippen molar-refractivity contribution < 1.29 is 13.5 Å². The van der Waals surface area contributed by atoms with Gasteiger partial charge in [-0.1, -0.05) is 12.1 Å². The predicted molar refractivity (Wildman–Crippen MR) is 99.6 cm³/mol. The molecule has 1 atom stereocenters. The van der Waals surface area contributed by atoms with Crippen LogP contribution in [0.15, 0.2) is 29.3 Å². The van der Waals surface area contributed by atoms with Gasteiger partial charge in [0.1, 0.15) is 11.3 Å². The van der Waals surface area contributed by atoms with Gasteiger partial charge < -0.3 is 15.4 Å². The number of halogens is 2. The van der Waals surface area contributed by atoms with Crippen LogP contribution in [0.2, 0.25) is 0 Å². The zero-order chi connectivity index (χ0) is 18.8. The van der Waals surface area contributed by atoms with E-state index in [0.717, 1.165) is 29.9 Å². The fourth-order valence-corrected chi connectivity index (χ4v) is 7.02. The van der Waals surface area contributed by atoms with Gasteiger partial charge in [-0.05, 0) is 74.0 Å². The van der Waals surface area contributed by atoms with Crippen molar-refractivity contribution in [2.75, 3.05) is 13.6 Å². The largest absolute Gasteiger partial charge is 0.435 e. The van der Waals surface area contributed by atoms with Crippen LogP contribution < -0.4 is 10.5 Å². The minimum Gasteiger partial charge on any atom is -0.435 e. The summed E-state index contributed by atoms with van der Waals surface area (Å²) in [7, 11) is 2.00. The fourth-order valence-electron chi connectivity index (χ4n) is 7.02. The van der Waals surface area contributed by atoms with Crippen LogP contribution in [-0.4, -0.2) is 31.1 Å². The van der Waals surface area contributed by atoms with E-state index in [1.807, 2.05) is 24.1 Å². The summed E-state index contributed by atoms with van der Waals surface area (Å²) in [5.41, 5.74) is 7.08. The fraction of sp³-hybridized carbons (Fsp3) is 0.667. The summed E-state index contributed by atoms with van der Waals surface area (Å²) in [6.07, 6.45) is 7.72. The lowest BCUT2D eigenvalue weighted by Gasteiger charge is -2.62. The molecule has 0 amide bonds. The van der Waals surface area contributed by atoms with Gasteiger partial charge in [0.15, 0.2) is 5.96 Å². The summed E-state index contributed by atoms with van der Waals surface area (Å²) in [6.45, 7) is -2.04. The number of hydrogen-bond donors (Lipinski definition) is 1. The Bertz CT molecular complexity index is 728. The lowest BCUT2D eigenvalue weighted by molar-refractivity contribution is -0.0988. The smallest absolute Gasteiger partial charge is 0.387 e. The van der Waals surface area contributed by atoms with Gasteiger partial charge in [-0.2, -0.15) is 8.78 Å². The third-order valence-corrected chi connectivity index (χ3v) is 7.64. The zero-order valence-corrected chi connectivity index (χ0v) is 15.7. The quantitative estimate of drug-likeness (QED) is 0.867. The Morgan fingerprint density at radius 3 is 2.07 bits per heavy atom. The number of alkyl halides is 2.